The summed E-state index contributed by atoms with van der Waals surface area (Å²) in [6, 6.07) is 6.26. The van der Waals surface area contributed by atoms with E-state index in [1.807, 2.05) is 25.1 Å². The lowest BCUT2D eigenvalue weighted by molar-refractivity contribution is -0.118. The molecule has 4 nitrogen and oxygen atoms in total. The Bertz CT molecular complexity index is 478. The molecule has 0 aliphatic carbocycles. The molecule has 3 N–H and O–H groups in total. The van der Waals surface area contributed by atoms with Crippen LogP contribution in [0.25, 0.3) is 0 Å². The van der Waals surface area contributed by atoms with Gasteiger partial charge in [0.15, 0.2) is 0 Å². The molecule has 0 saturated carbocycles. The van der Waals surface area contributed by atoms with Crippen molar-refractivity contribution in [2.45, 2.75) is 32.2 Å². The smallest absolute Gasteiger partial charge is 0.238 e. The number of hydrogen-bond acceptors (Lipinski definition) is 3. The quantitative estimate of drug-likeness (QED) is 0.886. The van der Waals surface area contributed by atoms with Crippen LogP contribution in [-0.2, 0) is 4.79 Å². The lowest BCUT2D eigenvalue weighted by Crippen LogP contribution is -2.47. The monoisotopic (exact) mass is 339 g/mol. The Kier molecular flexibility index (Phi) is 5.57. The molecule has 1 heterocycles. The molecule has 1 aliphatic heterocycles. The summed E-state index contributed by atoms with van der Waals surface area (Å²) in [6.45, 7) is 4.03. The van der Waals surface area contributed by atoms with E-state index in [1.165, 1.54) is 6.42 Å². The van der Waals surface area contributed by atoms with Crippen LogP contribution >= 0.6 is 15.9 Å². The maximum Gasteiger partial charge on any atom is 0.238 e. The molecule has 0 radical (unpaired) electrons. The zero-order valence-electron chi connectivity index (χ0n) is 11.9. The Morgan fingerprint density at radius 3 is 3.00 bits per heavy atom. The number of carbonyl (C=O) groups excluding carboxylic acids is 1. The fraction of sp³-hybridized carbons (Fsp3) is 0.533. The van der Waals surface area contributed by atoms with Crippen molar-refractivity contribution in [1.82, 2.24) is 4.90 Å². The first-order valence-electron chi connectivity index (χ1n) is 7.10. The largest absolute Gasteiger partial charge is 0.329 e. The van der Waals surface area contributed by atoms with Crippen LogP contribution < -0.4 is 11.1 Å². The van der Waals surface area contributed by atoms with Crippen LogP contribution in [0.5, 0.6) is 0 Å². The highest BCUT2D eigenvalue weighted by molar-refractivity contribution is 9.10. The molecule has 1 aromatic rings. The maximum absolute atomic E-state index is 12.2. The number of halogens is 1. The maximum atomic E-state index is 12.2. The number of hydrogen-bond donors (Lipinski definition) is 2. The highest BCUT2D eigenvalue weighted by Crippen LogP contribution is 2.23. The standard InChI is InChI=1S/C15H22BrN3O/c1-11-5-6-14(13(16)8-11)18-15(20)10-19-7-3-2-4-12(19)9-17/h5-6,8,12H,2-4,7,9-10,17H2,1H3,(H,18,20). The fourth-order valence-electron chi connectivity index (χ4n) is 2.63. The molecule has 0 bridgehead atoms. The van der Waals surface area contributed by atoms with Crippen LogP contribution in [0.3, 0.4) is 0 Å². The summed E-state index contributed by atoms with van der Waals surface area (Å²) in [4.78, 5) is 14.4. The molecule has 1 atom stereocenters. The van der Waals surface area contributed by atoms with Crippen molar-refractivity contribution in [2.75, 3.05) is 25.0 Å². The SMILES string of the molecule is Cc1ccc(NC(=O)CN2CCCCC2CN)c(Br)c1. The van der Waals surface area contributed by atoms with Crippen molar-refractivity contribution in [3.63, 3.8) is 0 Å². The van der Waals surface area contributed by atoms with Crippen molar-refractivity contribution in [3.05, 3.63) is 28.2 Å². The van der Waals surface area contributed by atoms with E-state index in [9.17, 15) is 4.79 Å². The minimum atomic E-state index is 0.0231. The summed E-state index contributed by atoms with van der Waals surface area (Å²) in [5.41, 5.74) is 7.76. The number of anilines is 1. The third-order valence-electron chi connectivity index (χ3n) is 3.77. The van der Waals surface area contributed by atoms with Gasteiger partial charge in [0.05, 0.1) is 12.2 Å². The topological polar surface area (TPSA) is 58.4 Å². The van der Waals surface area contributed by atoms with E-state index in [-0.39, 0.29) is 5.91 Å². The van der Waals surface area contributed by atoms with Crippen LogP contribution in [-0.4, -0.2) is 36.5 Å². The highest BCUT2D eigenvalue weighted by Gasteiger charge is 2.23. The molecule has 1 saturated heterocycles. The van der Waals surface area contributed by atoms with Gasteiger partial charge in [0.1, 0.15) is 0 Å². The second-order valence-electron chi connectivity index (χ2n) is 5.39. The molecule has 1 aromatic carbocycles. The summed E-state index contributed by atoms with van der Waals surface area (Å²) in [5.74, 6) is 0.0231. The fourth-order valence-corrected chi connectivity index (χ4v) is 3.22. The minimum Gasteiger partial charge on any atom is -0.329 e. The molecule has 110 valence electrons. The first-order chi connectivity index (χ1) is 9.60. The molecule has 0 aromatic heterocycles. The predicted molar refractivity (Wildman–Crippen MR) is 85.8 cm³/mol. The Morgan fingerprint density at radius 2 is 2.30 bits per heavy atom. The number of nitrogens with two attached hydrogens (primary N) is 1. The van der Waals surface area contributed by atoms with Gasteiger partial charge in [-0.1, -0.05) is 12.5 Å². The minimum absolute atomic E-state index is 0.0231. The average molecular weight is 340 g/mol. The zero-order chi connectivity index (χ0) is 14.5. The van der Waals surface area contributed by atoms with Crippen LogP contribution in [0.2, 0.25) is 0 Å². The third kappa shape index (κ3) is 4.04. The predicted octanol–water partition coefficient (Wildman–Crippen LogP) is 2.51. The van der Waals surface area contributed by atoms with Crippen molar-refractivity contribution in [2.24, 2.45) is 5.73 Å². The molecule has 2 rings (SSSR count). The van der Waals surface area contributed by atoms with Gasteiger partial charge in [-0.05, 0) is 59.9 Å². The number of carbonyl (C=O) groups is 1. The van der Waals surface area contributed by atoms with Crippen molar-refractivity contribution in [3.8, 4) is 0 Å². The molecule has 1 amide bonds. The Hall–Kier alpha value is -0.910. The summed E-state index contributed by atoms with van der Waals surface area (Å²) >= 11 is 3.48. The van der Waals surface area contributed by atoms with E-state index in [2.05, 4.69) is 26.1 Å². The zero-order valence-corrected chi connectivity index (χ0v) is 13.4. The molecule has 1 unspecified atom stereocenters. The molecule has 0 spiro atoms. The molecule has 1 aliphatic rings. The Labute approximate surface area is 128 Å². The van der Waals surface area contributed by atoms with E-state index < -0.39 is 0 Å². The van der Waals surface area contributed by atoms with Gasteiger partial charge in [0.2, 0.25) is 5.91 Å². The number of nitrogens with one attached hydrogen (secondary N) is 1. The van der Waals surface area contributed by atoms with Gasteiger partial charge >= 0.3 is 0 Å². The molecular weight excluding hydrogens is 318 g/mol. The first-order valence-corrected chi connectivity index (χ1v) is 7.89. The van der Waals surface area contributed by atoms with Crippen LogP contribution in [0, 0.1) is 6.92 Å². The van der Waals surface area contributed by atoms with E-state index in [0.29, 0.717) is 19.1 Å². The summed E-state index contributed by atoms with van der Waals surface area (Å²) in [6.07, 6.45) is 3.46. The second-order valence-corrected chi connectivity index (χ2v) is 6.24. The van der Waals surface area contributed by atoms with E-state index in [4.69, 9.17) is 5.73 Å². The van der Waals surface area contributed by atoms with Gasteiger partial charge in [-0.3, -0.25) is 9.69 Å². The Morgan fingerprint density at radius 1 is 1.50 bits per heavy atom. The van der Waals surface area contributed by atoms with Crippen LogP contribution in [0.1, 0.15) is 24.8 Å². The summed E-state index contributed by atoms with van der Waals surface area (Å²) < 4.78 is 0.917. The summed E-state index contributed by atoms with van der Waals surface area (Å²) in [5, 5.41) is 2.96. The highest BCUT2D eigenvalue weighted by atomic mass is 79.9. The number of amides is 1. The molecule has 1 fully saturated rings. The van der Waals surface area contributed by atoms with Gasteiger partial charge in [-0.25, -0.2) is 0 Å². The van der Waals surface area contributed by atoms with Gasteiger partial charge in [-0.15, -0.1) is 0 Å². The van der Waals surface area contributed by atoms with E-state index in [0.717, 1.165) is 35.1 Å². The molecular formula is C15H22BrN3O. The van der Waals surface area contributed by atoms with Crippen molar-refractivity contribution >= 4 is 27.5 Å². The normalized spacial score (nSPS) is 19.9. The number of rotatable bonds is 4. The number of aryl methyl sites for hydroxylation is 1. The van der Waals surface area contributed by atoms with Crippen LogP contribution in [0.15, 0.2) is 22.7 Å². The lowest BCUT2D eigenvalue weighted by Gasteiger charge is -2.34. The first kappa shape index (κ1) is 15.5. The molecule has 20 heavy (non-hydrogen) atoms. The van der Waals surface area contributed by atoms with Gasteiger partial charge in [0, 0.05) is 17.1 Å². The lowest BCUT2D eigenvalue weighted by atomic mass is 10.0. The number of nitrogens with zero attached hydrogens (tertiary/aromatic N) is 1. The third-order valence-corrected chi connectivity index (χ3v) is 4.42. The average Bonchev–Trinajstić information content (AvgIpc) is 2.42. The van der Waals surface area contributed by atoms with E-state index in [1.54, 1.807) is 0 Å². The van der Waals surface area contributed by atoms with Gasteiger partial charge < -0.3 is 11.1 Å². The van der Waals surface area contributed by atoms with Crippen LogP contribution in [0.4, 0.5) is 5.69 Å². The van der Waals surface area contributed by atoms with Gasteiger partial charge in [0.25, 0.3) is 0 Å². The van der Waals surface area contributed by atoms with Gasteiger partial charge in [-0.2, -0.15) is 0 Å². The second kappa shape index (κ2) is 7.20. The number of likely N-dealkylation sites (tertiary alicyclic amines) is 1. The Balaban J connectivity index is 1.94. The number of piperidine rings is 1. The van der Waals surface area contributed by atoms with Crippen molar-refractivity contribution < 1.29 is 4.79 Å². The van der Waals surface area contributed by atoms with E-state index >= 15 is 0 Å². The van der Waals surface area contributed by atoms with Crippen molar-refractivity contribution in [1.29, 1.82) is 0 Å². The molecule has 5 heteroatoms. The summed E-state index contributed by atoms with van der Waals surface area (Å²) in [7, 11) is 0. The number of benzene rings is 1.